The topological polar surface area (TPSA) is 84.9 Å². The molecule has 8 heteroatoms. The summed E-state index contributed by atoms with van der Waals surface area (Å²) in [5.74, 6) is -0.559. The number of esters is 1. The first-order valence-corrected chi connectivity index (χ1v) is 11.4. The lowest BCUT2D eigenvalue weighted by Gasteiger charge is -2.34. The number of rotatable bonds is 8. The van der Waals surface area contributed by atoms with Gasteiger partial charge in [0.2, 0.25) is 5.91 Å². The molecule has 1 N–H and O–H groups in total. The minimum absolute atomic E-state index is 0.00377. The van der Waals surface area contributed by atoms with Crippen LogP contribution in [0.25, 0.3) is 0 Å². The largest absolute Gasteiger partial charge is 0.490 e. The number of halogens is 1. The van der Waals surface area contributed by atoms with Gasteiger partial charge >= 0.3 is 5.97 Å². The minimum atomic E-state index is -0.911. The van der Waals surface area contributed by atoms with Gasteiger partial charge in [0.1, 0.15) is 11.8 Å². The maximum atomic E-state index is 13.2. The molecule has 0 saturated carbocycles. The first kappa shape index (κ1) is 23.8. The number of carbonyl (C=O) groups is 3. The predicted molar refractivity (Wildman–Crippen MR) is 123 cm³/mol. The van der Waals surface area contributed by atoms with E-state index in [4.69, 9.17) is 9.47 Å². The van der Waals surface area contributed by atoms with E-state index in [9.17, 15) is 14.4 Å². The molecule has 1 saturated heterocycles. The average molecular weight is 503 g/mol. The van der Waals surface area contributed by atoms with Crippen LogP contribution in [0.15, 0.2) is 53.0 Å². The molecule has 0 bridgehead atoms. The third-order valence-electron chi connectivity index (χ3n) is 4.99. The minimum Gasteiger partial charge on any atom is -0.490 e. The maximum Gasteiger partial charge on any atom is 0.308 e. The Balaban J connectivity index is 1.64. The summed E-state index contributed by atoms with van der Waals surface area (Å²) >= 11 is 3.43. The number of benzene rings is 2. The lowest BCUT2D eigenvalue weighted by molar-refractivity contribution is -0.147. The Morgan fingerprint density at radius 2 is 1.94 bits per heavy atom. The molecule has 1 unspecified atom stereocenters. The van der Waals surface area contributed by atoms with Gasteiger partial charge in [-0.2, -0.15) is 0 Å². The quantitative estimate of drug-likeness (QED) is 0.559. The van der Waals surface area contributed by atoms with Crippen LogP contribution in [-0.2, 0) is 20.7 Å². The summed E-state index contributed by atoms with van der Waals surface area (Å²) in [5, 5.41) is 2.73. The van der Waals surface area contributed by atoms with Crippen LogP contribution >= 0.6 is 15.9 Å². The van der Waals surface area contributed by atoms with Crippen molar-refractivity contribution in [3.63, 3.8) is 0 Å². The van der Waals surface area contributed by atoms with Gasteiger partial charge in [-0.1, -0.05) is 30.3 Å². The molecule has 1 aliphatic heterocycles. The molecule has 1 heterocycles. The van der Waals surface area contributed by atoms with E-state index in [1.807, 2.05) is 44.2 Å². The number of piperazine rings is 1. The second-order valence-corrected chi connectivity index (χ2v) is 8.63. The van der Waals surface area contributed by atoms with E-state index in [0.717, 1.165) is 5.56 Å². The highest BCUT2D eigenvalue weighted by Crippen LogP contribution is 2.28. The van der Waals surface area contributed by atoms with Gasteiger partial charge in [0.05, 0.1) is 23.6 Å². The summed E-state index contributed by atoms with van der Waals surface area (Å²) in [4.78, 5) is 39.4. The second-order valence-electron chi connectivity index (χ2n) is 7.78. The van der Waals surface area contributed by atoms with Crippen LogP contribution in [0.4, 0.5) is 0 Å². The third-order valence-corrected chi connectivity index (χ3v) is 5.61. The standard InChI is InChI=1S/C24H27BrN2O5/c1-16(2)32-21-9-8-18(14-19(21)25)24(30)27-12-11-26-23(29)20(27)15-22(28)31-13-10-17-6-4-3-5-7-17/h3-9,14,16,20H,10-13,15H2,1-2H3,(H,26,29). The molecule has 0 aliphatic carbocycles. The molecular formula is C24H27BrN2O5. The van der Waals surface area contributed by atoms with Crippen molar-refractivity contribution >= 4 is 33.7 Å². The molecule has 7 nitrogen and oxygen atoms in total. The second kappa shape index (κ2) is 11.1. The first-order chi connectivity index (χ1) is 15.3. The van der Waals surface area contributed by atoms with E-state index in [2.05, 4.69) is 21.2 Å². The van der Waals surface area contributed by atoms with Gasteiger partial charge in [-0.15, -0.1) is 0 Å². The van der Waals surface area contributed by atoms with Gasteiger partial charge in [-0.3, -0.25) is 14.4 Å². The fourth-order valence-electron chi connectivity index (χ4n) is 3.45. The highest BCUT2D eigenvalue weighted by atomic mass is 79.9. The highest BCUT2D eigenvalue weighted by molar-refractivity contribution is 9.10. The van der Waals surface area contributed by atoms with Crippen LogP contribution in [-0.4, -0.2) is 54.5 Å². The molecule has 2 aromatic carbocycles. The van der Waals surface area contributed by atoms with Crippen LogP contribution in [0.1, 0.15) is 36.2 Å². The molecule has 1 aliphatic rings. The van der Waals surface area contributed by atoms with Gasteiger partial charge in [-0.25, -0.2) is 0 Å². The van der Waals surface area contributed by atoms with E-state index < -0.39 is 12.0 Å². The Kier molecular flexibility index (Phi) is 8.27. The number of hydrogen-bond acceptors (Lipinski definition) is 5. The predicted octanol–water partition coefficient (Wildman–Crippen LogP) is 3.35. The molecule has 0 radical (unpaired) electrons. The molecular weight excluding hydrogens is 476 g/mol. The van der Waals surface area contributed by atoms with E-state index in [1.54, 1.807) is 18.2 Å². The van der Waals surface area contributed by atoms with Gasteiger partial charge in [-0.05, 0) is 53.5 Å². The fraction of sp³-hybridized carbons (Fsp3) is 0.375. The molecule has 1 atom stereocenters. The highest BCUT2D eigenvalue weighted by Gasteiger charge is 2.35. The van der Waals surface area contributed by atoms with E-state index >= 15 is 0 Å². The SMILES string of the molecule is CC(C)Oc1ccc(C(=O)N2CCNC(=O)C2CC(=O)OCCc2ccccc2)cc1Br. The van der Waals surface area contributed by atoms with Crippen molar-refractivity contribution in [3.05, 3.63) is 64.1 Å². The Morgan fingerprint density at radius 3 is 2.62 bits per heavy atom. The molecule has 0 spiro atoms. The maximum absolute atomic E-state index is 13.2. The van der Waals surface area contributed by atoms with E-state index in [0.29, 0.717) is 35.3 Å². The number of nitrogens with one attached hydrogen (secondary N) is 1. The Bertz CT molecular complexity index is 964. The Morgan fingerprint density at radius 1 is 1.19 bits per heavy atom. The van der Waals surface area contributed by atoms with Crippen LogP contribution in [0.2, 0.25) is 0 Å². The van der Waals surface area contributed by atoms with Crippen LogP contribution < -0.4 is 10.1 Å². The van der Waals surface area contributed by atoms with Crippen molar-refractivity contribution in [2.24, 2.45) is 0 Å². The number of carbonyl (C=O) groups excluding carboxylic acids is 3. The molecule has 2 amide bonds. The zero-order valence-electron chi connectivity index (χ0n) is 18.2. The summed E-state index contributed by atoms with van der Waals surface area (Å²) in [6, 6.07) is 13.8. The van der Waals surface area contributed by atoms with Crippen molar-refractivity contribution in [1.82, 2.24) is 10.2 Å². The normalized spacial score (nSPS) is 15.9. The lowest BCUT2D eigenvalue weighted by atomic mass is 10.1. The average Bonchev–Trinajstić information content (AvgIpc) is 2.76. The van der Waals surface area contributed by atoms with Gasteiger partial charge < -0.3 is 19.7 Å². The Hall–Kier alpha value is -2.87. The van der Waals surface area contributed by atoms with Crippen molar-refractivity contribution < 1.29 is 23.9 Å². The smallest absolute Gasteiger partial charge is 0.308 e. The van der Waals surface area contributed by atoms with Crippen molar-refractivity contribution in [1.29, 1.82) is 0 Å². The van der Waals surface area contributed by atoms with Crippen LogP contribution in [0.3, 0.4) is 0 Å². The monoisotopic (exact) mass is 502 g/mol. The van der Waals surface area contributed by atoms with Crippen molar-refractivity contribution in [2.45, 2.75) is 38.8 Å². The Labute approximate surface area is 196 Å². The lowest BCUT2D eigenvalue weighted by Crippen LogP contribution is -2.57. The van der Waals surface area contributed by atoms with Gasteiger partial charge in [0.25, 0.3) is 5.91 Å². The molecule has 1 fully saturated rings. The van der Waals surface area contributed by atoms with Crippen molar-refractivity contribution in [3.8, 4) is 5.75 Å². The molecule has 3 rings (SSSR count). The number of hydrogen-bond donors (Lipinski definition) is 1. The summed E-state index contributed by atoms with van der Waals surface area (Å²) in [6.45, 7) is 4.70. The summed E-state index contributed by atoms with van der Waals surface area (Å²) in [6.07, 6.45) is 0.392. The number of amides is 2. The molecule has 32 heavy (non-hydrogen) atoms. The molecule has 170 valence electrons. The molecule has 0 aromatic heterocycles. The van der Waals surface area contributed by atoms with Gasteiger partial charge in [0, 0.05) is 25.1 Å². The molecule has 2 aromatic rings. The summed E-state index contributed by atoms with van der Waals surface area (Å²) in [5.41, 5.74) is 1.47. The summed E-state index contributed by atoms with van der Waals surface area (Å²) in [7, 11) is 0. The van der Waals surface area contributed by atoms with Crippen LogP contribution in [0, 0.1) is 0 Å². The zero-order chi connectivity index (χ0) is 23.1. The number of nitrogens with zero attached hydrogens (tertiary/aromatic N) is 1. The fourth-order valence-corrected chi connectivity index (χ4v) is 3.93. The van der Waals surface area contributed by atoms with Gasteiger partial charge in [0.15, 0.2) is 0 Å². The van der Waals surface area contributed by atoms with Crippen molar-refractivity contribution in [2.75, 3.05) is 19.7 Å². The summed E-state index contributed by atoms with van der Waals surface area (Å²) < 4.78 is 11.7. The zero-order valence-corrected chi connectivity index (χ0v) is 19.8. The van der Waals surface area contributed by atoms with Crippen LogP contribution in [0.5, 0.6) is 5.75 Å². The number of ether oxygens (including phenoxy) is 2. The first-order valence-electron chi connectivity index (χ1n) is 10.6. The van der Waals surface area contributed by atoms with E-state index in [-0.39, 0.29) is 30.9 Å². The third kappa shape index (κ3) is 6.32. The van der Waals surface area contributed by atoms with E-state index in [1.165, 1.54) is 4.90 Å².